The van der Waals surface area contributed by atoms with E-state index in [2.05, 4.69) is 19.2 Å². The van der Waals surface area contributed by atoms with Gasteiger partial charge in [0.25, 0.3) is 0 Å². The van der Waals surface area contributed by atoms with Gasteiger partial charge >= 0.3 is 5.97 Å². The maximum absolute atomic E-state index is 13.7. The molecule has 1 aliphatic heterocycles. The molecule has 184 valence electrons. The molecule has 1 fully saturated rings. The highest BCUT2D eigenvalue weighted by atomic mass is 32.2. The van der Waals surface area contributed by atoms with Crippen molar-refractivity contribution in [3.63, 3.8) is 0 Å². The minimum atomic E-state index is -0.702. The molecule has 2 amide bonds. The molecule has 0 aromatic heterocycles. The number of amides is 2. The van der Waals surface area contributed by atoms with Crippen molar-refractivity contribution in [2.45, 2.75) is 85.2 Å². The second-order valence-electron chi connectivity index (χ2n) is 10.6. The molecule has 32 heavy (non-hydrogen) atoms. The van der Waals surface area contributed by atoms with Gasteiger partial charge in [0.2, 0.25) is 11.8 Å². The molecular formula is C24H43N3O4S. The molecule has 1 heterocycles. The molecule has 0 radical (unpaired) electrons. The summed E-state index contributed by atoms with van der Waals surface area (Å²) >= 11 is 1.73. The SMILES string of the molecule is CCOC(=O)C(C)=C[C@H](C(C)C)N(C)C(=O)[C@@H](NC(=O)[C@@H]1N(C)CSC1(C)C)C(C)(C)C. The van der Waals surface area contributed by atoms with Gasteiger partial charge in [-0.3, -0.25) is 14.5 Å². The molecule has 3 atom stereocenters. The summed E-state index contributed by atoms with van der Waals surface area (Å²) in [5, 5.41) is 3.06. The van der Waals surface area contributed by atoms with Crippen LogP contribution in [0.15, 0.2) is 11.6 Å². The number of esters is 1. The average molecular weight is 470 g/mol. The van der Waals surface area contributed by atoms with Crippen molar-refractivity contribution in [1.29, 1.82) is 0 Å². The third kappa shape index (κ3) is 6.98. The minimum absolute atomic E-state index is 0.0703. The minimum Gasteiger partial charge on any atom is -0.463 e. The van der Waals surface area contributed by atoms with E-state index in [0.717, 1.165) is 5.88 Å². The summed E-state index contributed by atoms with van der Waals surface area (Å²) in [5.74, 6) is 0.142. The average Bonchev–Trinajstić information content (AvgIpc) is 2.94. The van der Waals surface area contributed by atoms with Crippen LogP contribution in [0.2, 0.25) is 0 Å². The molecule has 7 nitrogen and oxygen atoms in total. The smallest absolute Gasteiger partial charge is 0.333 e. The van der Waals surface area contributed by atoms with Crippen LogP contribution in [0.3, 0.4) is 0 Å². The summed E-state index contributed by atoms with van der Waals surface area (Å²) in [7, 11) is 3.66. The van der Waals surface area contributed by atoms with Crippen molar-refractivity contribution in [3.05, 3.63) is 11.6 Å². The van der Waals surface area contributed by atoms with E-state index in [1.165, 1.54) is 0 Å². The molecule has 8 heteroatoms. The highest BCUT2D eigenvalue weighted by Crippen LogP contribution is 2.38. The van der Waals surface area contributed by atoms with Gasteiger partial charge in [-0.15, -0.1) is 11.8 Å². The molecule has 0 aromatic rings. The molecule has 0 unspecified atom stereocenters. The van der Waals surface area contributed by atoms with Gasteiger partial charge in [0.15, 0.2) is 0 Å². The van der Waals surface area contributed by atoms with Crippen LogP contribution in [-0.2, 0) is 19.1 Å². The Morgan fingerprint density at radius 3 is 2.25 bits per heavy atom. The van der Waals surface area contributed by atoms with Gasteiger partial charge in [-0.25, -0.2) is 4.79 Å². The van der Waals surface area contributed by atoms with E-state index in [4.69, 9.17) is 4.74 Å². The second-order valence-corrected chi connectivity index (χ2v) is 12.2. The predicted molar refractivity (Wildman–Crippen MR) is 131 cm³/mol. The quantitative estimate of drug-likeness (QED) is 0.434. The Morgan fingerprint density at radius 2 is 1.84 bits per heavy atom. The van der Waals surface area contributed by atoms with Crippen molar-refractivity contribution >= 4 is 29.5 Å². The third-order valence-electron chi connectivity index (χ3n) is 5.88. The highest BCUT2D eigenvalue weighted by molar-refractivity contribution is 8.00. The Bertz CT molecular complexity index is 727. The molecule has 0 bridgehead atoms. The topological polar surface area (TPSA) is 79.0 Å². The number of nitrogens with one attached hydrogen (secondary N) is 1. The van der Waals surface area contributed by atoms with E-state index in [0.29, 0.717) is 12.2 Å². The number of hydrogen-bond donors (Lipinski definition) is 1. The molecule has 0 aliphatic carbocycles. The number of nitrogens with zero attached hydrogens (tertiary/aromatic N) is 2. The number of hydrogen-bond acceptors (Lipinski definition) is 6. The van der Waals surface area contributed by atoms with Gasteiger partial charge in [-0.05, 0) is 46.1 Å². The standard InChI is InChI=1S/C24H43N3O4S/c1-12-31-22(30)16(4)13-17(15(2)3)27(11)21(29)18(23(5,6)7)25-20(28)19-24(8,9)32-14-26(19)10/h13,15,17-19H,12,14H2,1-11H3,(H,25,28)/t17-,18-,19+/m1/s1. The van der Waals surface area contributed by atoms with Gasteiger partial charge in [0.05, 0.1) is 12.6 Å². The first-order valence-electron chi connectivity index (χ1n) is 11.3. The maximum atomic E-state index is 13.7. The lowest BCUT2D eigenvalue weighted by Crippen LogP contribution is -2.60. The van der Waals surface area contributed by atoms with E-state index in [1.807, 2.05) is 46.6 Å². The summed E-state index contributed by atoms with van der Waals surface area (Å²) in [6.07, 6.45) is 1.78. The summed E-state index contributed by atoms with van der Waals surface area (Å²) in [4.78, 5) is 42.7. The summed E-state index contributed by atoms with van der Waals surface area (Å²) in [6.45, 7) is 17.7. The van der Waals surface area contributed by atoms with Crippen LogP contribution in [0, 0.1) is 11.3 Å². The van der Waals surface area contributed by atoms with E-state index >= 15 is 0 Å². The predicted octanol–water partition coefficient (Wildman–Crippen LogP) is 3.29. The van der Waals surface area contributed by atoms with Crippen LogP contribution in [0.25, 0.3) is 0 Å². The normalized spacial score (nSPS) is 21.2. The molecule has 1 saturated heterocycles. The van der Waals surface area contributed by atoms with Crippen LogP contribution in [0.1, 0.15) is 62.3 Å². The second kappa shape index (κ2) is 11.1. The van der Waals surface area contributed by atoms with Crippen molar-refractivity contribution in [2.75, 3.05) is 26.6 Å². The summed E-state index contributed by atoms with van der Waals surface area (Å²) in [6, 6.07) is -1.33. The van der Waals surface area contributed by atoms with Crippen molar-refractivity contribution in [2.24, 2.45) is 11.3 Å². The number of ether oxygens (including phenoxy) is 1. The fourth-order valence-corrected chi connectivity index (χ4v) is 5.14. The fourth-order valence-electron chi connectivity index (χ4n) is 4.01. The van der Waals surface area contributed by atoms with Gasteiger partial charge in [-0.2, -0.15) is 0 Å². The molecule has 0 aromatic carbocycles. The van der Waals surface area contributed by atoms with Crippen LogP contribution < -0.4 is 5.32 Å². The number of carbonyl (C=O) groups is 3. The fraction of sp³-hybridized carbons (Fsp3) is 0.792. The van der Waals surface area contributed by atoms with Crippen LogP contribution in [-0.4, -0.2) is 77.0 Å². The Kier molecular flexibility index (Phi) is 9.84. The zero-order chi connectivity index (χ0) is 25.0. The van der Waals surface area contributed by atoms with Gasteiger partial charge in [0.1, 0.15) is 12.1 Å². The van der Waals surface area contributed by atoms with Crippen LogP contribution in [0.4, 0.5) is 0 Å². The molecule has 0 saturated carbocycles. The zero-order valence-electron chi connectivity index (χ0n) is 21.7. The van der Waals surface area contributed by atoms with Crippen LogP contribution >= 0.6 is 11.8 Å². The van der Waals surface area contributed by atoms with Gasteiger partial charge < -0.3 is 15.0 Å². The van der Waals surface area contributed by atoms with Gasteiger partial charge in [-0.1, -0.05) is 40.7 Å². The lowest BCUT2D eigenvalue weighted by Gasteiger charge is -2.39. The summed E-state index contributed by atoms with van der Waals surface area (Å²) < 4.78 is 4.85. The Hall–Kier alpha value is -1.54. The maximum Gasteiger partial charge on any atom is 0.333 e. The Morgan fingerprint density at radius 1 is 1.28 bits per heavy atom. The molecule has 1 rings (SSSR count). The first-order valence-corrected chi connectivity index (χ1v) is 12.3. The number of likely N-dealkylation sites (N-methyl/N-ethyl adjacent to an activating group) is 2. The Labute approximate surface area is 198 Å². The summed E-state index contributed by atoms with van der Waals surface area (Å²) in [5.41, 5.74) is -0.0235. The van der Waals surface area contributed by atoms with E-state index in [9.17, 15) is 14.4 Å². The van der Waals surface area contributed by atoms with Gasteiger partial charge in [0, 0.05) is 23.2 Å². The van der Waals surface area contributed by atoms with Crippen molar-refractivity contribution in [1.82, 2.24) is 15.1 Å². The third-order valence-corrected chi connectivity index (χ3v) is 7.39. The Balaban J connectivity index is 3.18. The zero-order valence-corrected chi connectivity index (χ0v) is 22.6. The molecule has 0 spiro atoms. The molecule has 1 aliphatic rings. The lowest BCUT2D eigenvalue weighted by molar-refractivity contribution is -0.141. The number of rotatable bonds is 8. The van der Waals surface area contributed by atoms with Crippen molar-refractivity contribution < 1.29 is 19.1 Å². The van der Waals surface area contributed by atoms with E-state index in [-0.39, 0.29) is 40.5 Å². The van der Waals surface area contributed by atoms with Crippen molar-refractivity contribution in [3.8, 4) is 0 Å². The molecular weight excluding hydrogens is 426 g/mol. The number of thioether (sulfide) groups is 1. The monoisotopic (exact) mass is 469 g/mol. The van der Waals surface area contributed by atoms with Crippen LogP contribution in [0.5, 0.6) is 0 Å². The largest absolute Gasteiger partial charge is 0.463 e. The first kappa shape index (κ1) is 28.5. The highest BCUT2D eigenvalue weighted by Gasteiger charge is 2.46. The lowest BCUT2D eigenvalue weighted by atomic mass is 9.84. The first-order chi connectivity index (χ1) is 14.5. The number of carbonyl (C=O) groups excluding carboxylic acids is 3. The van der Waals surface area contributed by atoms with E-state index in [1.54, 1.807) is 43.6 Å². The molecule has 1 N–H and O–H groups in total. The van der Waals surface area contributed by atoms with E-state index < -0.39 is 11.5 Å².